The molecule has 1 fully saturated rings. The van der Waals surface area contributed by atoms with Crippen LogP contribution in [0.15, 0.2) is 42.6 Å². The van der Waals surface area contributed by atoms with Gasteiger partial charge < -0.3 is 10.1 Å². The van der Waals surface area contributed by atoms with E-state index >= 15 is 0 Å². The second-order valence-corrected chi connectivity index (χ2v) is 6.00. The van der Waals surface area contributed by atoms with Crippen molar-refractivity contribution in [3.05, 3.63) is 48.2 Å². The number of rotatable bonds is 7. The third-order valence-electron chi connectivity index (χ3n) is 4.29. The lowest BCUT2D eigenvalue weighted by Crippen LogP contribution is -2.35. The van der Waals surface area contributed by atoms with Crippen LogP contribution in [0.1, 0.15) is 24.4 Å². The number of methoxy groups -OCH3 is 1. The standard InChI is InChI=1S/C18H24N4O2/c1-24-14-13-22-12-9-16(20-22)19-18(23)17(21-10-5-6-11-21)15-7-3-2-4-8-15/h2-4,7-9,12,17H,5-6,10-11,13-14H2,1H3,(H,19,20,23)/t17-/m0/s1. The van der Waals surface area contributed by atoms with Crippen LogP contribution >= 0.6 is 0 Å². The Morgan fingerprint density at radius 2 is 2.00 bits per heavy atom. The SMILES string of the molecule is COCCn1ccc(NC(=O)[C@H](c2ccccc2)N2CCCC2)n1. The van der Waals surface area contributed by atoms with Crippen LogP contribution in [0.4, 0.5) is 5.82 Å². The average Bonchev–Trinajstić information content (AvgIpc) is 3.26. The summed E-state index contributed by atoms with van der Waals surface area (Å²) in [5, 5.41) is 7.34. The summed E-state index contributed by atoms with van der Waals surface area (Å²) in [5.74, 6) is 0.552. The van der Waals surface area contributed by atoms with Gasteiger partial charge in [-0.1, -0.05) is 30.3 Å². The Morgan fingerprint density at radius 1 is 1.25 bits per heavy atom. The van der Waals surface area contributed by atoms with E-state index in [0.29, 0.717) is 19.0 Å². The number of benzene rings is 1. The first kappa shape index (κ1) is 16.7. The van der Waals surface area contributed by atoms with Crippen LogP contribution < -0.4 is 5.32 Å². The van der Waals surface area contributed by atoms with Crippen LogP contribution in [-0.2, 0) is 16.1 Å². The lowest BCUT2D eigenvalue weighted by molar-refractivity contribution is -0.121. The van der Waals surface area contributed by atoms with E-state index < -0.39 is 0 Å². The zero-order valence-electron chi connectivity index (χ0n) is 14.0. The molecule has 1 aromatic carbocycles. The highest BCUT2D eigenvalue weighted by molar-refractivity contribution is 5.94. The van der Waals surface area contributed by atoms with Crippen molar-refractivity contribution in [3.8, 4) is 0 Å². The Kier molecular flexibility index (Phi) is 5.61. The number of nitrogens with one attached hydrogen (secondary N) is 1. The van der Waals surface area contributed by atoms with E-state index in [-0.39, 0.29) is 11.9 Å². The lowest BCUT2D eigenvalue weighted by Gasteiger charge is -2.26. The maximum absolute atomic E-state index is 12.9. The molecule has 1 aliphatic heterocycles. The number of hydrogen-bond donors (Lipinski definition) is 1. The number of aromatic nitrogens is 2. The summed E-state index contributed by atoms with van der Waals surface area (Å²) in [7, 11) is 1.66. The molecule has 0 spiro atoms. The van der Waals surface area contributed by atoms with Gasteiger partial charge in [0.1, 0.15) is 6.04 Å². The smallest absolute Gasteiger partial charge is 0.247 e. The predicted octanol–water partition coefficient (Wildman–Crippen LogP) is 2.31. The Balaban J connectivity index is 1.72. The van der Waals surface area contributed by atoms with Crippen molar-refractivity contribution in [2.75, 3.05) is 32.1 Å². The van der Waals surface area contributed by atoms with Gasteiger partial charge in [0, 0.05) is 19.4 Å². The van der Waals surface area contributed by atoms with Gasteiger partial charge in [-0.15, -0.1) is 0 Å². The highest BCUT2D eigenvalue weighted by Crippen LogP contribution is 2.26. The molecule has 6 heteroatoms. The summed E-state index contributed by atoms with van der Waals surface area (Å²) in [4.78, 5) is 15.1. The van der Waals surface area contributed by atoms with E-state index in [1.807, 2.05) is 42.6 Å². The highest BCUT2D eigenvalue weighted by atomic mass is 16.5. The van der Waals surface area contributed by atoms with Crippen molar-refractivity contribution >= 4 is 11.7 Å². The van der Waals surface area contributed by atoms with Crippen molar-refractivity contribution in [2.45, 2.75) is 25.4 Å². The largest absolute Gasteiger partial charge is 0.383 e. The second kappa shape index (κ2) is 8.08. The number of likely N-dealkylation sites (tertiary alicyclic amines) is 1. The van der Waals surface area contributed by atoms with E-state index in [4.69, 9.17) is 4.74 Å². The van der Waals surface area contributed by atoms with Crippen LogP contribution in [-0.4, -0.2) is 47.4 Å². The molecule has 0 aliphatic carbocycles. The Morgan fingerprint density at radius 3 is 2.71 bits per heavy atom. The van der Waals surface area contributed by atoms with Gasteiger partial charge >= 0.3 is 0 Å². The number of ether oxygens (including phenoxy) is 1. The number of hydrogen-bond acceptors (Lipinski definition) is 4. The van der Waals surface area contributed by atoms with E-state index in [9.17, 15) is 4.79 Å². The molecule has 1 aliphatic rings. The summed E-state index contributed by atoms with van der Waals surface area (Å²) >= 11 is 0. The molecule has 1 saturated heterocycles. The van der Waals surface area contributed by atoms with Crippen LogP contribution in [0.3, 0.4) is 0 Å². The Bertz CT molecular complexity index is 650. The number of carbonyl (C=O) groups excluding carboxylic acids is 1. The third-order valence-corrected chi connectivity index (χ3v) is 4.29. The number of amides is 1. The molecule has 0 radical (unpaired) electrons. The van der Waals surface area contributed by atoms with Gasteiger partial charge in [0.2, 0.25) is 5.91 Å². The second-order valence-electron chi connectivity index (χ2n) is 6.00. The monoisotopic (exact) mass is 328 g/mol. The summed E-state index contributed by atoms with van der Waals surface area (Å²) in [6.07, 6.45) is 4.13. The van der Waals surface area contributed by atoms with Crippen molar-refractivity contribution in [3.63, 3.8) is 0 Å². The lowest BCUT2D eigenvalue weighted by atomic mass is 10.0. The van der Waals surface area contributed by atoms with Crippen molar-refractivity contribution in [1.82, 2.24) is 14.7 Å². The van der Waals surface area contributed by atoms with Crippen molar-refractivity contribution in [1.29, 1.82) is 0 Å². The normalized spacial score (nSPS) is 16.2. The molecule has 1 atom stereocenters. The fourth-order valence-corrected chi connectivity index (χ4v) is 3.10. The molecule has 6 nitrogen and oxygen atoms in total. The van der Waals surface area contributed by atoms with Crippen LogP contribution in [0.2, 0.25) is 0 Å². The molecule has 0 unspecified atom stereocenters. The van der Waals surface area contributed by atoms with E-state index in [1.165, 1.54) is 0 Å². The summed E-state index contributed by atoms with van der Waals surface area (Å²) in [5.41, 5.74) is 1.02. The highest BCUT2D eigenvalue weighted by Gasteiger charge is 2.29. The van der Waals surface area contributed by atoms with Gasteiger partial charge in [0.25, 0.3) is 0 Å². The van der Waals surface area contributed by atoms with Crippen molar-refractivity contribution in [2.24, 2.45) is 0 Å². The maximum atomic E-state index is 12.9. The predicted molar refractivity (Wildman–Crippen MR) is 92.7 cm³/mol. The molecule has 0 bridgehead atoms. The minimum absolute atomic E-state index is 0.0277. The molecular weight excluding hydrogens is 304 g/mol. The molecular formula is C18H24N4O2. The van der Waals surface area contributed by atoms with E-state index in [2.05, 4.69) is 15.3 Å². The molecule has 3 rings (SSSR count). The summed E-state index contributed by atoms with van der Waals surface area (Å²) in [6.45, 7) is 3.17. The van der Waals surface area contributed by atoms with Gasteiger partial charge in [-0.05, 0) is 31.5 Å². The molecule has 128 valence electrons. The van der Waals surface area contributed by atoms with Gasteiger partial charge in [-0.25, -0.2) is 0 Å². The summed E-state index contributed by atoms with van der Waals surface area (Å²) in [6, 6.07) is 11.5. The molecule has 1 aromatic heterocycles. The molecule has 0 saturated carbocycles. The Hall–Kier alpha value is -2.18. The van der Waals surface area contributed by atoms with E-state index in [0.717, 1.165) is 31.5 Å². The zero-order valence-corrected chi connectivity index (χ0v) is 14.0. The first-order valence-corrected chi connectivity index (χ1v) is 8.40. The molecule has 2 aromatic rings. The molecule has 1 N–H and O–H groups in total. The number of nitrogens with zero attached hydrogens (tertiary/aromatic N) is 3. The van der Waals surface area contributed by atoms with E-state index in [1.54, 1.807) is 11.8 Å². The van der Waals surface area contributed by atoms with Gasteiger partial charge in [-0.2, -0.15) is 5.10 Å². The minimum atomic E-state index is -0.266. The third kappa shape index (κ3) is 4.01. The molecule has 2 heterocycles. The molecule has 1 amide bonds. The number of anilines is 1. The average molecular weight is 328 g/mol. The first-order valence-electron chi connectivity index (χ1n) is 8.40. The van der Waals surface area contributed by atoms with Gasteiger partial charge in [-0.3, -0.25) is 14.4 Å². The zero-order chi connectivity index (χ0) is 16.8. The molecule has 24 heavy (non-hydrogen) atoms. The van der Waals surface area contributed by atoms with Crippen molar-refractivity contribution < 1.29 is 9.53 Å². The maximum Gasteiger partial charge on any atom is 0.247 e. The van der Waals surface area contributed by atoms with Gasteiger partial charge in [0.15, 0.2) is 5.82 Å². The van der Waals surface area contributed by atoms with Crippen LogP contribution in [0.5, 0.6) is 0 Å². The fourth-order valence-electron chi connectivity index (χ4n) is 3.10. The first-order chi connectivity index (χ1) is 11.8. The topological polar surface area (TPSA) is 59.4 Å². The quantitative estimate of drug-likeness (QED) is 0.847. The van der Waals surface area contributed by atoms with Crippen LogP contribution in [0, 0.1) is 0 Å². The van der Waals surface area contributed by atoms with Gasteiger partial charge in [0.05, 0.1) is 13.2 Å². The number of carbonyl (C=O) groups is 1. The Labute approximate surface area is 142 Å². The fraction of sp³-hybridized carbons (Fsp3) is 0.444. The van der Waals surface area contributed by atoms with Crippen LogP contribution in [0.25, 0.3) is 0 Å². The summed E-state index contributed by atoms with van der Waals surface area (Å²) < 4.78 is 6.82. The minimum Gasteiger partial charge on any atom is -0.383 e.